The number of alkyl carbamates (subject to hydrolysis) is 1. The molecule has 3 amide bonds. The molecular formula is C35H36F7N3O3. The smallest absolute Gasteiger partial charge is 0.416 e. The van der Waals surface area contributed by atoms with Crippen LogP contribution in [0.3, 0.4) is 0 Å². The molecule has 3 aromatic rings. The highest BCUT2D eigenvalue weighted by atomic mass is 19.4. The second-order valence-corrected chi connectivity index (χ2v) is 12.0. The highest BCUT2D eigenvalue weighted by Gasteiger charge is 2.45. The summed E-state index contributed by atoms with van der Waals surface area (Å²) in [4.78, 5) is 29.6. The lowest BCUT2D eigenvalue weighted by Gasteiger charge is -2.48. The lowest BCUT2D eigenvalue weighted by Crippen LogP contribution is -2.58. The number of benzene rings is 3. The van der Waals surface area contributed by atoms with E-state index in [2.05, 4.69) is 11.9 Å². The summed E-state index contributed by atoms with van der Waals surface area (Å²) in [6.45, 7) is 6.85. The first-order chi connectivity index (χ1) is 22.4. The van der Waals surface area contributed by atoms with Gasteiger partial charge in [0.15, 0.2) is 0 Å². The van der Waals surface area contributed by atoms with Crippen molar-refractivity contribution in [2.24, 2.45) is 0 Å². The second-order valence-electron chi connectivity index (χ2n) is 12.0. The molecule has 3 aromatic carbocycles. The fraction of sp³-hybridized carbons (Fsp3) is 0.371. The first-order valence-electron chi connectivity index (χ1n) is 15.1. The maximum atomic E-state index is 14.2. The molecule has 0 saturated carbocycles. The van der Waals surface area contributed by atoms with Gasteiger partial charge in [0.1, 0.15) is 12.4 Å². The SMILES string of the molecule is C=CC[C@]1(NC(=O)OCc2ccccc2)CCN(C(=O)N(C)[C@@H](C)c2cc(C(F)(F)F)cc(C(F)(F)F)c2)[C@@H](c2ccc(F)cc2C)C1. The Kier molecular flexibility index (Phi) is 10.8. The highest BCUT2D eigenvalue weighted by Crippen LogP contribution is 2.42. The zero-order valence-electron chi connectivity index (χ0n) is 26.6. The Balaban J connectivity index is 1.65. The lowest BCUT2D eigenvalue weighted by molar-refractivity contribution is -0.143. The molecule has 1 fully saturated rings. The third kappa shape index (κ3) is 8.48. The number of alkyl halides is 6. The fourth-order valence-corrected chi connectivity index (χ4v) is 6.01. The minimum absolute atomic E-state index is 0.0101. The monoisotopic (exact) mass is 679 g/mol. The summed E-state index contributed by atoms with van der Waals surface area (Å²) in [5.41, 5.74) is -2.46. The van der Waals surface area contributed by atoms with Crippen molar-refractivity contribution in [2.75, 3.05) is 13.6 Å². The van der Waals surface area contributed by atoms with E-state index in [0.29, 0.717) is 23.3 Å². The number of carbonyl (C=O) groups excluding carboxylic acids is 2. The molecule has 1 aliphatic heterocycles. The zero-order chi connectivity index (χ0) is 35.4. The molecule has 0 aliphatic carbocycles. The summed E-state index contributed by atoms with van der Waals surface area (Å²) in [5.74, 6) is -0.513. The van der Waals surface area contributed by atoms with Gasteiger partial charge in [-0.25, -0.2) is 14.0 Å². The Bertz CT molecular complexity index is 1600. The summed E-state index contributed by atoms with van der Waals surface area (Å²) < 4.78 is 101. The van der Waals surface area contributed by atoms with Gasteiger partial charge in [-0.1, -0.05) is 42.5 Å². The van der Waals surface area contributed by atoms with Gasteiger partial charge in [-0.05, 0) is 85.7 Å². The van der Waals surface area contributed by atoms with Crippen LogP contribution in [-0.2, 0) is 23.7 Å². The van der Waals surface area contributed by atoms with Crippen molar-refractivity contribution in [1.29, 1.82) is 0 Å². The van der Waals surface area contributed by atoms with E-state index in [-0.39, 0.29) is 44.0 Å². The fourth-order valence-electron chi connectivity index (χ4n) is 6.01. The van der Waals surface area contributed by atoms with Crippen molar-refractivity contribution >= 4 is 12.1 Å². The summed E-state index contributed by atoms with van der Waals surface area (Å²) in [6, 6.07) is 11.6. The van der Waals surface area contributed by atoms with Crippen LogP contribution in [-0.4, -0.2) is 41.1 Å². The number of amides is 3. The van der Waals surface area contributed by atoms with E-state index < -0.39 is 59.0 Å². The Morgan fingerprint density at radius 3 is 2.23 bits per heavy atom. The van der Waals surface area contributed by atoms with Crippen molar-refractivity contribution < 1.29 is 45.1 Å². The van der Waals surface area contributed by atoms with Crippen molar-refractivity contribution in [2.45, 2.75) is 69.7 Å². The van der Waals surface area contributed by atoms with Crippen LogP contribution < -0.4 is 5.32 Å². The molecule has 3 atom stereocenters. The second kappa shape index (κ2) is 14.3. The normalized spacial score (nSPS) is 19.0. The van der Waals surface area contributed by atoms with Crippen molar-refractivity contribution in [3.8, 4) is 0 Å². The van der Waals surface area contributed by atoms with Crippen LogP contribution in [0.1, 0.15) is 71.7 Å². The van der Waals surface area contributed by atoms with Gasteiger partial charge in [-0.3, -0.25) is 0 Å². The third-order valence-corrected chi connectivity index (χ3v) is 8.72. The van der Waals surface area contributed by atoms with E-state index in [9.17, 15) is 40.3 Å². The number of aryl methyl sites for hydroxylation is 1. The van der Waals surface area contributed by atoms with E-state index in [1.54, 1.807) is 37.3 Å². The van der Waals surface area contributed by atoms with Crippen LogP contribution >= 0.6 is 0 Å². The van der Waals surface area contributed by atoms with Gasteiger partial charge in [-0.15, -0.1) is 6.58 Å². The maximum absolute atomic E-state index is 14.2. The lowest BCUT2D eigenvalue weighted by atomic mass is 9.77. The number of hydrogen-bond acceptors (Lipinski definition) is 3. The summed E-state index contributed by atoms with van der Waals surface area (Å²) in [7, 11) is 1.29. The van der Waals surface area contributed by atoms with Crippen LogP contribution in [0.25, 0.3) is 0 Å². The van der Waals surface area contributed by atoms with Crippen LogP contribution in [0.4, 0.5) is 40.3 Å². The van der Waals surface area contributed by atoms with Gasteiger partial charge >= 0.3 is 24.5 Å². The summed E-state index contributed by atoms with van der Waals surface area (Å²) >= 11 is 0. The molecule has 48 heavy (non-hydrogen) atoms. The number of nitrogens with zero attached hydrogens (tertiary/aromatic N) is 2. The maximum Gasteiger partial charge on any atom is 0.416 e. The summed E-state index contributed by atoms with van der Waals surface area (Å²) in [5, 5.41) is 2.94. The largest absolute Gasteiger partial charge is 0.445 e. The van der Waals surface area contributed by atoms with Gasteiger partial charge in [0.2, 0.25) is 0 Å². The average molecular weight is 680 g/mol. The van der Waals surface area contributed by atoms with Crippen LogP contribution in [0.5, 0.6) is 0 Å². The van der Waals surface area contributed by atoms with Gasteiger partial charge in [0.25, 0.3) is 0 Å². The number of urea groups is 1. The molecule has 6 nitrogen and oxygen atoms in total. The number of hydrogen-bond donors (Lipinski definition) is 1. The highest BCUT2D eigenvalue weighted by molar-refractivity contribution is 5.76. The van der Waals surface area contributed by atoms with E-state index in [0.717, 1.165) is 10.5 Å². The molecule has 258 valence electrons. The van der Waals surface area contributed by atoms with E-state index in [1.807, 2.05) is 6.07 Å². The number of carbonyl (C=O) groups is 2. The van der Waals surface area contributed by atoms with Crippen molar-refractivity contribution in [3.05, 3.63) is 119 Å². The number of nitrogens with one attached hydrogen (secondary N) is 1. The van der Waals surface area contributed by atoms with E-state index >= 15 is 0 Å². The number of rotatable bonds is 8. The van der Waals surface area contributed by atoms with Gasteiger partial charge in [0, 0.05) is 13.6 Å². The molecular weight excluding hydrogens is 643 g/mol. The number of piperidine rings is 1. The topological polar surface area (TPSA) is 61.9 Å². The van der Waals surface area contributed by atoms with Crippen LogP contribution in [0.15, 0.2) is 79.4 Å². The van der Waals surface area contributed by atoms with E-state index in [1.165, 1.54) is 37.1 Å². The molecule has 0 spiro atoms. The quantitative estimate of drug-likeness (QED) is 0.191. The Morgan fingerprint density at radius 1 is 1.04 bits per heavy atom. The standard InChI is InChI=1S/C35H36F7N3O3/c1-5-13-33(43-31(46)48-21-24-9-7-6-8-10-24)14-15-45(30(20-33)29-12-11-28(36)16-22(29)2)32(47)44(4)23(3)25-17-26(34(37,38)39)19-27(18-25)35(40,41)42/h5-12,16-19,23,30H,1,13-15,20-21H2,2-4H3,(H,43,46)/t23-,30+,33-/m0/s1. The number of ether oxygens (including phenoxy) is 1. The van der Waals surface area contributed by atoms with Gasteiger partial charge < -0.3 is 19.9 Å². The minimum Gasteiger partial charge on any atom is -0.445 e. The number of likely N-dealkylation sites (tertiary alicyclic amines) is 1. The van der Waals surface area contributed by atoms with Crippen LogP contribution in [0.2, 0.25) is 0 Å². The van der Waals surface area contributed by atoms with Crippen LogP contribution in [0, 0.1) is 12.7 Å². The molecule has 0 unspecified atom stereocenters. The zero-order valence-corrected chi connectivity index (χ0v) is 26.6. The Labute approximate surface area is 274 Å². The molecule has 0 radical (unpaired) electrons. The molecule has 1 saturated heterocycles. The van der Waals surface area contributed by atoms with Gasteiger partial charge in [0.05, 0.1) is 28.7 Å². The predicted octanol–water partition coefficient (Wildman–Crippen LogP) is 9.36. The minimum atomic E-state index is -5.06. The average Bonchev–Trinajstić information content (AvgIpc) is 3.02. The van der Waals surface area contributed by atoms with Crippen molar-refractivity contribution in [3.63, 3.8) is 0 Å². The van der Waals surface area contributed by atoms with E-state index in [4.69, 9.17) is 4.74 Å². The molecule has 1 heterocycles. The molecule has 0 bridgehead atoms. The summed E-state index contributed by atoms with van der Waals surface area (Å²) in [6.07, 6.45) is -8.58. The molecule has 0 aromatic heterocycles. The Morgan fingerprint density at radius 2 is 1.67 bits per heavy atom. The first-order valence-corrected chi connectivity index (χ1v) is 15.1. The predicted molar refractivity (Wildman–Crippen MR) is 165 cm³/mol. The van der Waals surface area contributed by atoms with Gasteiger partial charge in [-0.2, -0.15) is 26.3 Å². The molecule has 13 heteroatoms. The van der Waals surface area contributed by atoms with Crippen molar-refractivity contribution in [1.82, 2.24) is 15.1 Å². The molecule has 4 rings (SSSR count). The number of halogens is 7. The molecule has 1 aliphatic rings. The first kappa shape index (κ1) is 36.3. The molecule has 1 N–H and O–H groups in total. The Hall–Kier alpha value is -4.55. The third-order valence-electron chi connectivity index (χ3n) is 8.72.